The highest BCUT2D eigenvalue weighted by molar-refractivity contribution is 5.73. The van der Waals surface area contributed by atoms with E-state index in [-0.39, 0.29) is 12.6 Å². The van der Waals surface area contributed by atoms with Crippen LogP contribution in [0.5, 0.6) is 0 Å². The summed E-state index contributed by atoms with van der Waals surface area (Å²) in [5.41, 5.74) is 0. The van der Waals surface area contributed by atoms with E-state index in [1.54, 1.807) is 18.4 Å². The molecule has 0 saturated carbocycles. The SMILES string of the molecule is CC1CCN(CC(O)CNC(=O)NCc2ccco2)CC1. The van der Waals surface area contributed by atoms with Crippen molar-refractivity contribution >= 4 is 6.03 Å². The van der Waals surface area contributed by atoms with E-state index < -0.39 is 6.10 Å². The van der Waals surface area contributed by atoms with Crippen molar-refractivity contribution in [3.8, 4) is 0 Å². The fourth-order valence-electron chi connectivity index (χ4n) is 2.46. The molecule has 6 heteroatoms. The van der Waals surface area contributed by atoms with Crippen molar-refractivity contribution in [3.63, 3.8) is 0 Å². The van der Waals surface area contributed by atoms with Crippen molar-refractivity contribution in [1.82, 2.24) is 15.5 Å². The fraction of sp³-hybridized carbons (Fsp3) is 0.667. The molecule has 3 N–H and O–H groups in total. The number of hydrogen-bond donors (Lipinski definition) is 3. The smallest absolute Gasteiger partial charge is 0.315 e. The van der Waals surface area contributed by atoms with Gasteiger partial charge in [0, 0.05) is 13.1 Å². The van der Waals surface area contributed by atoms with E-state index in [1.165, 1.54) is 12.8 Å². The number of furan rings is 1. The molecule has 0 spiro atoms. The molecule has 0 aliphatic carbocycles. The second-order valence-electron chi connectivity index (χ2n) is 5.78. The van der Waals surface area contributed by atoms with Gasteiger partial charge in [0.25, 0.3) is 0 Å². The Kier molecular flexibility index (Phi) is 6.07. The molecule has 21 heavy (non-hydrogen) atoms. The maximum absolute atomic E-state index is 11.6. The normalized spacial score (nSPS) is 18.4. The molecule has 1 aromatic rings. The maximum atomic E-state index is 11.6. The van der Waals surface area contributed by atoms with Gasteiger partial charge in [0.1, 0.15) is 5.76 Å². The van der Waals surface area contributed by atoms with Gasteiger partial charge in [-0.15, -0.1) is 0 Å². The highest BCUT2D eigenvalue weighted by atomic mass is 16.3. The summed E-state index contributed by atoms with van der Waals surface area (Å²) in [7, 11) is 0. The molecule has 118 valence electrons. The Hall–Kier alpha value is -1.53. The van der Waals surface area contributed by atoms with E-state index in [1.807, 2.05) is 0 Å². The maximum Gasteiger partial charge on any atom is 0.315 e. The fourth-order valence-corrected chi connectivity index (χ4v) is 2.46. The molecule has 1 fully saturated rings. The third-order valence-corrected chi connectivity index (χ3v) is 3.85. The monoisotopic (exact) mass is 295 g/mol. The van der Waals surface area contributed by atoms with Crippen LogP contribution in [0.3, 0.4) is 0 Å². The quantitative estimate of drug-likeness (QED) is 0.736. The summed E-state index contributed by atoms with van der Waals surface area (Å²) in [6.45, 7) is 5.55. The number of carbonyl (C=O) groups is 1. The number of amides is 2. The highest BCUT2D eigenvalue weighted by Gasteiger charge is 2.18. The Balaban J connectivity index is 1.57. The first-order chi connectivity index (χ1) is 10.1. The Labute approximate surface area is 125 Å². The van der Waals surface area contributed by atoms with Crippen molar-refractivity contribution in [1.29, 1.82) is 0 Å². The minimum atomic E-state index is -0.534. The Morgan fingerprint density at radius 3 is 2.90 bits per heavy atom. The first-order valence-corrected chi connectivity index (χ1v) is 7.58. The van der Waals surface area contributed by atoms with Crippen LogP contribution in [0.4, 0.5) is 4.79 Å². The predicted molar refractivity (Wildman–Crippen MR) is 79.8 cm³/mol. The molecule has 6 nitrogen and oxygen atoms in total. The summed E-state index contributed by atoms with van der Waals surface area (Å²) in [6.07, 6.45) is 3.40. The van der Waals surface area contributed by atoms with Gasteiger partial charge in [-0.05, 0) is 44.0 Å². The summed E-state index contributed by atoms with van der Waals surface area (Å²) < 4.78 is 5.12. The molecular weight excluding hydrogens is 270 g/mol. The van der Waals surface area contributed by atoms with Crippen LogP contribution >= 0.6 is 0 Å². The molecule has 0 radical (unpaired) electrons. The summed E-state index contributed by atoms with van der Waals surface area (Å²) in [5.74, 6) is 1.48. The van der Waals surface area contributed by atoms with Gasteiger partial charge in [0.2, 0.25) is 0 Å². The molecular formula is C15H25N3O3. The number of aliphatic hydroxyl groups excluding tert-OH is 1. The zero-order valence-corrected chi connectivity index (χ0v) is 12.5. The summed E-state index contributed by atoms with van der Waals surface area (Å²) in [4.78, 5) is 13.8. The van der Waals surface area contributed by atoms with Gasteiger partial charge in [-0.3, -0.25) is 0 Å². The number of urea groups is 1. The third kappa shape index (κ3) is 5.77. The number of aliphatic hydroxyl groups is 1. The molecule has 1 aromatic heterocycles. The average Bonchev–Trinajstić information content (AvgIpc) is 2.99. The Morgan fingerprint density at radius 1 is 1.48 bits per heavy atom. The molecule has 2 heterocycles. The number of rotatable bonds is 6. The predicted octanol–water partition coefficient (Wildman–Crippen LogP) is 1.17. The molecule has 1 unspecified atom stereocenters. The molecule has 1 aliphatic rings. The van der Waals surface area contributed by atoms with E-state index in [0.29, 0.717) is 18.8 Å². The molecule has 2 amide bonds. The summed E-state index contributed by atoms with van der Waals surface area (Å²) in [5, 5.41) is 15.3. The minimum absolute atomic E-state index is 0.260. The molecule has 1 aliphatic heterocycles. The average molecular weight is 295 g/mol. The van der Waals surface area contributed by atoms with Gasteiger partial charge < -0.3 is 25.1 Å². The summed E-state index contributed by atoms with van der Waals surface area (Å²) >= 11 is 0. The van der Waals surface area contributed by atoms with Crippen LogP contribution in [0.25, 0.3) is 0 Å². The molecule has 1 saturated heterocycles. The first kappa shape index (κ1) is 15.9. The molecule has 0 bridgehead atoms. The topological polar surface area (TPSA) is 77.7 Å². The van der Waals surface area contributed by atoms with Crippen molar-refractivity contribution in [2.75, 3.05) is 26.2 Å². The van der Waals surface area contributed by atoms with Crippen LogP contribution in [0.1, 0.15) is 25.5 Å². The molecule has 1 atom stereocenters. The van der Waals surface area contributed by atoms with Gasteiger partial charge in [-0.25, -0.2) is 4.79 Å². The molecule has 0 aromatic carbocycles. The number of hydrogen-bond acceptors (Lipinski definition) is 4. The number of β-amino-alcohol motifs (C(OH)–C–C–N with tert-alkyl or cyclic N) is 1. The van der Waals surface area contributed by atoms with Gasteiger partial charge in [-0.2, -0.15) is 0 Å². The van der Waals surface area contributed by atoms with Crippen LogP contribution < -0.4 is 10.6 Å². The van der Waals surface area contributed by atoms with E-state index in [0.717, 1.165) is 19.0 Å². The zero-order valence-electron chi connectivity index (χ0n) is 12.5. The van der Waals surface area contributed by atoms with Crippen molar-refractivity contribution < 1.29 is 14.3 Å². The van der Waals surface area contributed by atoms with E-state index in [9.17, 15) is 9.90 Å². The number of piperidine rings is 1. The summed E-state index contributed by atoms with van der Waals surface area (Å²) in [6, 6.07) is 3.28. The van der Waals surface area contributed by atoms with Crippen LogP contribution in [-0.4, -0.2) is 48.3 Å². The second kappa shape index (κ2) is 8.05. The standard InChI is InChI=1S/C15H25N3O3/c1-12-4-6-18(7-5-12)11-13(19)9-16-15(20)17-10-14-3-2-8-21-14/h2-3,8,12-13,19H,4-7,9-11H2,1H3,(H2,16,17,20). The van der Waals surface area contributed by atoms with E-state index in [2.05, 4.69) is 22.5 Å². The van der Waals surface area contributed by atoms with Crippen LogP contribution in [0, 0.1) is 5.92 Å². The third-order valence-electron chi connectivity index (χ3n) is 3.85. The largest absolute Gasteiger partial charge is 0.467 e. The number of nitrogens with one attached hydrogen (secondary N) is 2. The lowest BCUT2D eigenvalue weighted by molar-refractivity contribution is 0.0920. The number of likely N-dealkylation sites (tertiary alicyclic amines) is 1. The highest BCUT2D eigenvalue weighted by Crippen LogP contribution is 2.15. The van der Waals surface area contributed by atoms with Crippen LogP contribution in [0.2, 0.25) is 0 Å². The number of carbonyl (C=O) groups excluding carboxylic acids is 1. The lowest BCUT2D eigenvalue weighted by Crippen LogP contribution is -2.45. The van der Waals surface area contributed by atoms with Crippen molar-refractivity contribution in [2.45, 2.75) is 32.4 Å². The lowest BCUT2D eigenvalue weighted by Gasteiger charge is -2.31. The Bertz CT molecular complexity index is 414. The van der Waals surface area contributed by atoms with Gasteiger partial charge in [-0.1, -0.05) is 6.92 Å². The van der Waals surface area contributed by atoms with Crippen LogP contribution in [-0.2, 0) is 6.54 Å². The lowest BCUT2D eigenvalue weighted by atomic mass is 9.99. The zero-order chi connectivity index (χ0) is 15.1. The van der Waals surface area contributed by atoms with Crippen LogP contribution in [0.15, 0.2) is 22.8 Å². The van der Waals surface area contributed by atoms with E-state index in [4.69, 9.17) is 4.42 Å². The van der Waals surface area contributed by atoms with Gasteiger partial charge in [0.15, 0.2) is 0 Å². The van der Waals surface area contributed by atoms with Gasteiger partial charge >= 0.3 is 6.03 Å². The first-order valence-electron chi connectivity index (χ1n) is 7.58. The molecule has 2 rings (SSSR count). The second-order valence-corrected chi connectivity index (χ2v) is 5.78. The van der Waals surface area contributed by atoms with E-state index >= 15 is 0 Å². The Morgan fingerprint density at radius 2 is 2.24 bits per heavy atom. The van der Waals surface area contributed by atoms with Crippen molar-refractivity contribution in [3.05, 3.63) is 24.2 Å². The van der Waals surface area contributed by atoms with Gasteiger partial charge in [0.05, 0.1) is 18.9 Å². The van der Waals surface area contributed by atoms with Crippen molar-refractivity contribution in [2.24, 2.45) is 5.92 Å². The number of nitrogens with zero attached hydrogens (tertiary/aromatic N) is 1. The minimum Gasteiger partial charge on any atom is -0.467 e.